The average molecular weight is 335 g/mol. The van der Waals surface area contributed by atoms with Crippen molar-refractivity contribution >= 4 is 34.2 Å². The maximum Gasteiger partial charge on any atom is 0.103 e. The van der Waals surface area contributed by atoms with Crippen LogP contribution in [0.25, 0.3) is 10.9 Å². The van der Waals surface area contributed by atoms with Crippen molar-refractivity contribution in [3.05, 3.63) is 60.8 Å². The van der Waals surface area contributed by atoms with Crippen molar-refractivity contribution in [2.24, 2.45) is 4.99 Å². The first-order valence-corrected chi connectivity index (χ1v) is 9.45. The van der Waals surface area contributed by atoms with Crippen molar-refractivity contribution in [2.45, 2.75) is 17.7 Å². The number of anilines is 1. The second kappa shape index (κ2) is 7.14. The van der Waals surface area contributed by atoms with Crippen molar-refractivity contribution in [1.82, 2.24) is 4.98 Å². The Morgan fingerprint density at radius 2 is 1.88 bits per heavy atom. The Balaban J connectivity index is 1.38. The van der Waals surface area contributed by atoms with Crippen LogP contribution in [0.15, 0.2) is 70.7 Å². The number of benzene rings is 2. The number of rotatable bonds is 5. The SMILES string of the molecule is c1ccc(N2CCC/C2=N\CCSc2c[nH]c3ccccc23)cc1. The smallest absolute Gasteiger partial charge is 0.103 e. The van der Waals surface area contributed by atoms with E-state index in [2.05, 4.69) is 70.7 Å². The van der Waals surface area contributed by atoms with Crippen molar-refractivity contribution < 1.29 is 0 Å². The van der Waals surface area contributed by atoms with Gasteiger partial charge in [0, 0.05) is 46.4 Å². The monoisotopic (exact) mass is 335 g/mol. The van der Waals surface area contributed by atoms with Crippen LogP contribution in [-0.2, 0) is 0 Å². The fraction of sp³-hybridized carbons (Fsp3) is 0.250. The molecule has 1 fully saturated rings. The summed E-state index contributed by atoms with van der Waals surface area (Å²) in [6, 6.07) is 19.0. The van der Waals surface area contributed by atoms with E-state index < -0.39 is 0 Å². The minimum absolute atomic E-state index is 0.864. The molecule has 0 aliphatic carbocycles. The molecule has 1 N–H and O–H groups in total. The van der Waals surface area contributed by atoms with Crippen LogP contribution in [0.3, 0.4) is 0 Å². The number of fused-ring (bicyclic) bond motifs is 1. The number of amidine groups is 1. The molecule has 2 heterocycles. The van der Waals surface area contributed by atoms with Crippen LogP contribution in [0, 0.1) is 0 Å². The Kier molecular flexibility index (Phi) is 4.56. The predicted molar refractivity (Wildman–Crippen MR) is 104 cm³/mol. The van der Waals surface area contributed by atoms with E-state index in [-0.39, 0.29) is 0 Å². The fourth-order valence-corrected chi connectivity index (χ4v) is 4.08. The molecule has 0 amide bonds. The molecule has 2 aromatic carbocycles. The van der Waals surface area contributed by atoms with Gasteiger partial charge >= 0.3 is 0 Å². The largest absolute Gasteiger partial charge is 0.360 e. The third-order valence-corrected chi connectivity index (χ3v) is 5.39. The minimum atomic E-state index is 0.864. The molecule has 0 radical (unpaired) electrons. The summed E-state index contributed by atoms with van der Waals surface area (Å²) in [5.41, 5.74) is 2.47. The van der Waals surface area contributed by atoms with Gasteiger partial charge in [0.15, 0.2) is 0 Å². The summed E-state index contributed by atoms with van der Waals surface area (Å²) in [4.78, 5) is 11.9. The number of H-pyrrole nitrogens is 1. The summed E-state index contributed by atoms with van der Waals surface area (Å²) in [6.45, 7) is 1.95. The number of aromatic nitrogens is 1. The Morgan fingerprint density at radius 3 is 2.79 bits per heavy atom. The van der Waals surface area contributed by atoms with E-state index in [4.69, 9.17) is 4.99 Å². The number of thioether (sulfide) groups is 1. The number of nitrogens with zero attached hydrogens (tertiary/aromatic N) is 2. The third kappa shape index (κ3) is 3.20. The molecular weight excluding hydrogens is 314 g/mol. The lowest BCUT2D eigenvalue weighted by molar-refractivity contribution is 0.956. The summed E-state index contributed by atoms with van der Waals surface area (Å²) in [5.74, 6) is 2.24. The average Bonchev–Trinajstić information content (AvgIpc) is 3.27. The van der Waals surface area contributed by atoms with Crippen LogP contribution in [0.2, 0.25) is 0 Å². The number of hydrogen-bond acceptors (Lipinski definition) is 2. The molecule has 0 atom stereocenters. The number of aromatic amines is 1. The van der Waals surface area contributed by atoms with Gasteiger partial charge in [-0.15, -0.1) is 11.8 Å². The van der Waals surface area contributed by atoms with Crippen molar-refractivity contribution in [2.75, 3.05) is 23.7 Å². The minimum Gasteiger partial charge on any atom is -0.360 e. The van der Waals surface area contributed by atoms with Gasteiger partial charge in [-0.05, 0) is 24.6 Å². The van der Waals surface area contributed by atoms with Gasteiger partial charge in [0.05, 0.1) is 6.54 Å². The highest BCUT2D eigenvalue weighted by molar-refractivity contribution is 7.99. The van der Waals surface area contributed by atoms with Crippen molar-refractivity contribution in [1.29, 1.82) is 0 Å². The zero-order valence-corrected chi connectivity index (χ0v) is 14.4. The van der Waals surface area contributed by atoms with Crippen LogP contribution in [0.4, 0.5) is 5.69 Å². The molecule has 1 aliphatic rings. The zero-order chi connectivity index (χ0) is 16.2. The normalized spacial score (nSPS) is 16.3. The quantitative estimate of drug-likeness (QED) is 0.528. The molecule has 0 bridgehead atoms. The molecule has 4 heteroatoms. The Morgan fingerprint density at radius 1 is 1.04 bits per heavy atom. The lowest BCUT2D eigenvalue weighted by Gasteiger charge is -2.18. The molecule has 24 heavy (non-hydrogen) atoms. The van der Waals surface area contributed by atoms with E-state index in [1.165, 1.54) is 33.7 Å². The lowest BCUT2D eigenvalue weighted by atomic mass is 10.2. The lowest BCUT2D eigenvalue weighted by Crippen LogP contribution is -2.24. The van der Waals surface area contributed by atoms with Crippen molar-refractivity contribution in [3.8, 4) is 0 Å². The highest BCUT2D eigenvalue weighted by Crippen LogP contribution is 2.27. The van der Waals surface area contributed by atoms with Crippen LogP contribution in [0.5, 0.6) is 0 Å². The molecule has 4 rings (SSSR count). The second-order valence-corrected chi connectivity index (χ2v) is 7.07. The molecular formula is C20H21N3S. The summed E-state index contributed by atoms with van der Waals surface area (Å²) >= 11 is 1.88. The summed E-state index contributed by atoms with van der Waals surface area (Å²) in [6.07, 6.45) is 4.39. The predicted octanol–water partition coefficient (Wildman–Crippen LogP) is 4.96. The van der Waals surface area contributed by atoms with Crippen LogP contribution in [-0.4, -0.2) is 29.7 Å². The molecule has 0 unspecified atom stereocenters. The molecule has 3 aromatic rings. The van der Waals surface area contributed by atoms with Crippen LogP contribution >= 0.6 is 11.8 Å². The summed E-state index contributed by atoms with van der Waals surface area (Å²) in [7, 11) is 0. The number of nitrogens with one attached hydrogen (secondary N) is 1. The van der Waals surface area contributed by atoms with E-state index in [9.17, 15) is 0 Å². The highest BCUT2D eigenvalue weighted by Gasteiger charge is 2.19. The van der Waals surface area contributed by atoms with Crippen molar-refractivity contribution in [3.63, 3.8) is 0 Å². The fourth-order valence-electron chi connectivity index (χ4n) is 3.20. The Hall–Kier alpha value is -2.20. The maximum atomic E-state index is 4.87. The van der Waals surface area contributed by atoms with E-state index in [1.807, 2.05) is 11.8 Å². The molecule has 1 saturated heterocycles. The van der Waals surface area contributed by atoms with Gasteiger partial charge in [-0.2, -0.15) is 0 Å². The molecule has 1 aliphatic heterocycles. The molecule has 0 saturated carbocycles. The standard InChI is InChI=1S/C20H21N3S/c1-2-7-16(8-3-1)23-13-6-11-20(23)21-12-14-24-19-15-22-18-10-5-4-9-17(18)19/h1-5,7-10,15,22H,6,11-14H2/b21-20+. The van der Waals surface area contributed by atoms with Gasteiger partial charge in [0.1, 0.15) is 5.84 Å². The molecule has 1 aromatic heterocycles. The molecule has 0 spiro atoms. The topological polar surface area (TPSA) is 31.4 Å². The van der Waals surface area contributed by atoms with E-state index in [0.717, 1.165) is 25.3 Å². The van der Waals surface area contributed by atoms with Crippen LogP contribution in [0.1, 0.15) is 12.8 Å². The van der Waals surface area contributed by atoms with Gasteiger partial charge in [-0.25, -0.2) is 0 Å². The van der Waals surface area contributed by atoms with Crippen LogP contribution < -0.4 is 4.90 Å². The zero-order valence-electron chi connectivity index (χ0n) is 13.6. The van der Waals surface area contributed by atoms with Gasteiger partial charge in [-0.3, -0.25) is 4.99 Å². The third-order valence-electron chi connectivity index (χ3n) is 4.36. The van der Waals surface area contributed by atoms with E-state index in [0.29, 0.717) is 0 Å². The first kappa shape index (κ1) is 15.3. The number of hydrogen-bond donors (Lipinski definition) is 1. The molecule has 122 valence electrons. The van der Waals surface area contributed by atoms with Gasteiger partial charge in [0.25, 0.3) is 0 Å². The van der Waals surface area contributed by atoms with Gasteiger partial charge < -0.3 is 9.88 Å². The maximum absolute atomic E-state index is 4.87. The Labute approximate surface area is 146 Å². The highest BCUT2D eigenvalue weighted by atomic mass is 32.2. The second-order valence-electron chi connectivity index (χ2n) is 5.94. The Bertz CT molecular complexity index is 838. The van der Waals surface area contributed by atoms with Gasteiger partial charge in [0.2, 0.25) is 0 Å². The first-order valence-electron chi connectivity index (χ1n) is 8.47. The number of aliphatic imine (C=N–C) groups is 1. The van der Waals surface area contributed by atoms with E-state index in [1.54, 1.807) is 0 Å². The van der Waals surface area contributed by atoms with E-state index >= 15 is 0 Å². The summed E-state index contributed by atoms with van der Waals surface area (Å²) in [5, 5.41) is 1.31. The first-order chi connectivity index (χ1) is 11.9. The number of para-hydroxylation sites is 2. The van der Waals surface area contributed by atoms with Gasteiger partial charge in [-0.1, -0.05) is 36.4 Å². The summed E-state index contributed by atoms with van der Waals surface area (Å²) < 4.78 is 0. The molecule has 3 nitrogen and oxygen atoms in total.